The summed E-state index contributed by atoms with van der Waals surface area (Å²) in [5.74, 6) is 1.94. The molecule has 6 nitrogen and oxygen atoms in total. The van der Waals surface area contributed by atoms with Crippen LogP contribution in [0.25, 0.3) is 11.4 Å². The van der Waals surface area contributed by atoms with E-state index in [1.54, 1.807) is 13.4 Å². The summed E-state index contributed by atoms with van der Waals surface area (Å²) in [5, 5.41) is 0. The highest BCUT2D eigenvalue weighted by Gasteiger charge is 2.22. The predicted octanol–water partition coefficient (Wildman–Crippen LogP) is 3.32. The molecule has 2 aromatic heterocycles. The lowest BCUT2D eigenvalue weighted by atomic mass is 9.94. The van der Waals surface area contributed by atoms with Gasteiger partial charge in [-0.25, -0.2) is 19.9 Å². The maximum atomic E-state index is 5.41. The van der Waals surface area contributed by atoms with Gasteiger partial charge in [0.25, 0.3) is 0 Å². The molecule has 0 amide bonds. The molecule has 0 spiro atoms. The summed E-state index contributed by atoms with van der Waals surface area (Å²) in [5.41, 5.74) is 3.17. The van der Waals surface area contributed by atoms with Gasteiger partial charge in [0.15, 0.2) is 5.82 Å². The van der Waals surface area contributed by atoms with Crippen molar-refractivity contribution in [2.75, 3.05) is 20.2 Å². The van der Waals surface area contributed by atoms with Crippen molar-refractivity contribution in [2.45, 2.75) is 25.3 Å². The maximum absolute atomic E-state index is 5.41. The molecule has 0 N–H and O–H groups in total. The molecule has 1 atom stereocenters. The van der Waals surface area contributed by atoms with Gasteiger partial charge in [-0.2, -0.15) is 0 Å². The zero-order chi connectivity index (χ0) is 18.5. The Kier molecular flexibility index (Phi) is 5.34. The van der Waals surface area contributed by atoms with Gasteiger partial charge in [0.05, 0.1) is 12.7 Å². The van der Waals surface area contributed by atoms with Crippen molar-refractivity contribution < 1.29 is 4.74 Å². The molecule has 0 saturated carbocycles. The van der Waals surface area contributed by atoms with E-state index in [2.05, 4.69) is 24.8 Å². The minimum Gasteiger partial charge on any atom is -0.496 e. The Labute approximate surface area is 159 Å². The molecule has 0 radical (unpaired) electrons. The molecule has 1 aliphatic heterocycles. The van der Waals surface area contributed by atoms with Crippen LogP contribution >= 0.6 is 0 Å². The van der Waals surface area contributed by atoms with Gasteiger partial charge in [0.2, 0.25) is 0 Å². The SMILES string of the molecule is COc1ccccc1-c1ncc(CN2CCC[C@@H](c3ccncn3)C2)cn1. The van der Waals surface area contributed by atoms with E-state index >= 15 is 0 Å². The molecular weight excluding hydrogens is 338 g/mol. The number of nitrogens with zero attached hydrogens (tertiary/aromatic N) is 5. The van der Waals surface area contributed by atoms with E-state index in [0.29, 0.717) is 11.7 Å². The van der Waals surface area contributed by atoms with Gasteiger partial charge in [-0.05, 0) is 37.6 Å². The molecule has 4 rings (SSSR count). The average Bonchev–Trinajstić information content (AvgIpc) is 2.75. The molecular formula is C21H23N5O. The monoisotopic (exact) mass is 361 g/mol. The summed E-state index contributed by atoms with van der Waals surface area (Å²) in [4.78, 5) is 20.0. The third kappa shape index (κ3) is 4.11. The van der Waals surface area contributed by atoms with Crippen LogP contribution in [0.4, 0.5) is 0 Å². The smallest absolute Gasteiger partial charge is 0.162 e. The van der Waals surface area contributed by atoms with Gasteiger partial charge in [0.1, 0.15) is 12.1 Å². The van der Waals surface area contributed by atoms with Crippen LogP contribution in [0.15, 0.2) is 55.2 Å². The Bertz CT molecular complexity index is 869. The lowest BCUT2D eigenvalue weighted by Gasteiger charge is -2.32. The fraction of sp³-hybridized carbons (Fsp3) is 0.333. The normalized spacial score (nSPS) is 17.6. The Hall–Kier alpha value is -2.86. The summed E-state index contributed by atoms with van der Waals surface area (Å²) in [6.45, 7) is 2.95. The quantitative estimate of drug-likeness (QED) is 0.695. The molecule has 6 heteroatoms. The molecule has 27 heavy (non-hydrogen) atoms. The van der Waals surface area contributed by atoms with Crippen LogP contribution in [0.2, 0.25) is 0 Å². The zero-order valence-electron chi connectivity index (χ0n) is 15.5. The van der Waals surface area contributed by atoms with Crippen molar-refractivity contribution in [3.8, 4) is 17.1 Å². The topological polar surface area (TPSA) is 64.0 Å². The number of benzene rings is 1. The molecule has 138 valence electrons. The van der Waals surface area contributed by atoms with Crippen molar-refractivity contribution in [3.05, 3.63) is 66.5 Å². The van der Waals surface area contributed by atoms with Crippen LogP contribution in [0.5, 0.6) is 5.75 Å². The van der Waals surface area contributed by atoms with Crippen molar-refractivity contribution in [1.29, 1.82) is 0 Å². The Morgan fingerprint density at radius 1 is 1.11 bits per heavy atom. The number of aromatic nitrogens is 4. The first kappa shape index (κ1) is 17.5. The van der Waals surface area contributed by atoms with E-state index in [4.69, 9.17) is 4.74 Å². The lowest BCUT2D eigenvalue weighted by Crippen LogP contribution is -2.34. The van der Waals surface area contributed by atoms with Gasteiger partial charge in [-0.1, -0.05) is 12.1 Å². The third-order valence-electron chi connectivity index (χ3n) is 4.99. The van der Waals surface area contributed by atoms with Crippen molar-refractivity contribution in [2.24, 2.45) is 0 Å². The minimum atomic E-state index is 0.468. The van der Waals surface area contributed by atoms with Crippen LogP contribution < -0.4 is 4.74 Å². The molecule has 1 aliphatic rings. The second kappa shape index (κ2) is 8.22. The highest BCUT2D eigenvalue weighted by Crippen LogP contribution is 2.28. The van der Waals surface area contributed by atoms with Crippen LogP contribution in [0, 0.1) is 0 Å². The maximum Gasteiger partial charge on any atom is 0.162 e. The zero-order valence-corrected chi connectivity index (χ0v) is 15.5. The van der Waals surface area contributed by atoms with E-state index < -0.39 is 0 Å². The first-order valence-electron chi connectivity index (χ1n) is 9.26. The summed E-state index contributed by atoms with van der Waals surface area (Å²) >= 11 is 0. The van der Waals surface area contributed by atoms with Gasteiger partial charge < -0.3 is 4.74 Å². The van der Waals surface area contributed by atoms with E-state index in [0.717, 1.165) is 42.2 Å². The fourth-order valence-corrected chi connectivity index (χ4v) is 3.65. The van der Waals surface area contributed by atoms with Gasteiger partial charge >= 0.3 is 0 Å². The highest BCUT2D eigenvalue weighted by molar-refractivity contribution is 5.63. The Morgan fingerprint density at radius 2 is 1.96 bits per heavy atom. The molecule has 0 aliphatic carbocycles. The number of hydrogen-bond donors (Lipinski definition) is 0. The minimum absolute atomic E-state index is 0.468. The second-order valence-electron chi connectivity index (χ2n) is 6.82. The summed E-state index contributed by atoms with van der Waals surface area (Å²) in [6, 6.07) is 9.84. The van der Waals surface area contributed by atoms with Gasteiger partial charge in [0, 0.05) is 48.9 Å². The highest BCUT2D eigenvalue weighted by atomic mass is 16.5. The number of para-hydroxylation sites is 1. The van der Waals surface area contributed by atoms with E-state index in [-0.39, 0.29) is 0 Å². The lowest BCUT2D eigenvalue weighted by molar-refractivity contribution is 0.198. The number of methoxy groups -OCH3 is 1. The first-order chi connectivity index (χ1) is 13.3. The fourth-order valence-electron chi connectivity index (χ4n) is 3.65. The van der Waals surface area contributed by atoms with Crippen molar-refractivity contribution >= 4 is 0 Å². The number of hydrogen-bond acceptors (Lipinski definition) is 6. The first-order valence-corrected chi connectivity index (χ1v) is 9.26. The standard InChI is InChI=1S/C21H23N5O/c1-27-20-7-3-2-6-18(20)21-23-11-16(12-24-21)13-26-10-4-5-17(14-26)19-8-9-22-15-25-19/h2-3,6-9,11-12,15,17H,4-5,10,13-14H2,1H3/t17-/m1/s1. The Morgan fingerprint density at radius 3 is 2.74 bits per heavy atom. The van der Waals surface area contributed by atoms with Crippen LogP contribution in [0.3, 0.4) is 0 Å². The number of rotatable bonds is 5. The molecule has 1 saturated heterocycles. The summed E-state index contributed by atoms with van der Waals surface area (Å²) in [6.07, 6.45) is 9.65. The average molecular weight is 361 g/mol. The summed E-state index contributed by atoms with van der Waals surface area (Å²) < 4.78 is 5.41. The molecule has 0 bridgehead atoms. The summed E-state index contributed by atoms with van der Waals surface area (Å²) in [7, 11) is 1.66. The Balaban J connectivity index is 1.44. The number of piperidine rings is 1. The van der Waals surface area contributed by atoms with Gasteiger partial charge in [-0.3, -0.25) is 4.90 Å². The molecule has 3 heterocycles. The van der Waals surface area contributed by atoms with E-state index in [1.807, 2.05) is 48.9 Å². The second-order valence-corrected chi connectivity index (χ2v) is 6.82. The van der Waals surface area contributed by atoms with E-state index in [1.165, 1.54) is 12.8 Å². The molecule has 1 aromatic carbocycles. The third-order valence-corrected chi connectivity index (χ3v) is 4.99. The number of likely N-dealkylation sites (tertiary alicyclic amines) is 1. The van der Waals surface area contributed by atoms with Crippen LogP contribution in [0.1, 0.15) is 30.0 Å². The predicted molar refractivity (Wildman–Crippen MR) is 103 cm³/mol. The van der Waals surface area contributed by atoms with E-state index in [9.17, 15) is 0 Å². The van der Waals surface area contributed by atoms with Gasteiger partial charge in [-0.15, -0.1) is 0 Å². The molecule has 0 unspecified atom stereocenters. The van der Waals surface area contributed by atoms with Crippen molar-refractivity contribution in [3.63, 3.8) is 0 Å². The van der Waals surface area contributed by atoms with Crippen molar-refractivity contribution in [1.82, 2.24) is 24.8 Å². The molecule has 3 aromatic rings. The molecule has 1 fully saturated rings. The van der Waals surface area contributed by atoms with Crippen LogP contribution in [-0.2, 0) is 6.54 Å². The largest absolute Gasteiger partial charge is 0.496 e. The van der Waals surface area contributed by atoms with Crippen LogP contribution in [-0.4, -0.2) is 45.0 Å². The number of ether oxygens (including phenoxy) is 1.